The first-order valence-corrected chi connectivity index (χ1v) is 12.2. The monoisotopic (exact) mass is 551 g/mol. The predicted molar refractivity (Wildman–Crippen MR) is 111 cm³/mol. The fourth-order valence-electron chi connectivity index (χ4n) is 2.56. The molecule has 2 aromatic heterocycles. The number of alkyl halides is 6. The summed E-state index contributed by atoms with van der Waals surface area (Å²) in [6, 6.07) is 0. The summed E-state index contributed by atoms with van der Waals surface area (Å²) in [5, 5.41) is 0. The lowest BCUT2D eigenvalue weighted by Crippen LogP contribution is -2.25. The van der Waals surface area contributed by atoms with E-state index in [1.807, 2.05) is 6.92 Å². The Morgan fingerprint density at radius 2 is 1.75 bits per heavy atom. The molecule has 11 nitrogen and oxygen atoms in total. The van der Waals surface area contributed by atoms with Crippen molar-refractivity contribution < 1.29 is 54.3 Å². The van der Waals surface area contributed by atoms with E-state index in [4.69, 9.17) is 9.57 Å². The second-order valence-corrected chi connectivity index (χ2v) is 9.42. The van der Waals surface area contributed by atoms with Crippen LogP contribution in [0.3, 0.4) is 0 Å². The number of nitrogens with zero attached hydrogens (tertiary/aromatic N) is 4. The number of nitrogens with one attached hydrogen (secondary N) is 1. The van der Waals surface area contributed by atoms with Gasteiger partial charge in [-0.05, 0) is 13.3 Å². The van der Waals surface area contributed by atoms with Gasteiger partial charge in [-0.3, -0.25) is 23.2 Å². The zero-order valence-electron chi connectivity index (χ0n) is 19.1. The zero-order valence-corrected chi connectivity index (χ0v) is 20.0. The summed E-state index contributed by atoms with van der Waals surface area (Å²) in [5.41, 5.74) is 2.44. The molecule has 0 bridgehead atoms. The summed E-state index contributed by atoms with van der Waals surface area (Å²) in [6.45, 7) is -0.616. The topological polar surface area (TPSA) is 127 Å². The maximum absolute atomic E-state index is 12.4. The van der Waals surface area contributed by atoms with Crippen LogP contribution in [0.1, 0.15) is 37.2 Å². The number of carbonyl (C=O) groups is 1. The van der Waals surface area contributed by atoms with Crippen molar-refractivity contribution in [2.75, 3.05) is 26.2 Å². The Kier molecular flexibility index (Phi) is 10.6. The average Bonchev–Trinajstić information content (AvgIpc) is 3.20. The number of ether oxygens (including phenoxy) is 1. The maximum Gasteiger partial charge on any atom is 0.412 e. The molecule has 0 spiro atoms. The van der Waals surface area contributed by atoms with Crippen LogP contribution in [-0.2, 0) is 29.7 Å². The summed E-state index contributed by atoms with van der Waals surface area (Å²) >= 11 is 0. The standard InChI is InChI=1S/C18H24F6N5O6P/c1-3-4-5-33-28-16(30)14-13-15(26-9-25-14)29(10-27-13)6-12(2)32-11-36(31,34-7-17(19,20)21)35-8-18(22,23)24/h9-10,12H,3-8,11H2,1-2H3,(H,28,30)/t12-/m1/s1. The Morgan fingerprint density at radius 1 is 1.11 bits per heavy atom. The first-order valence-electron chi connectivity index (χ1n) is 10.4. The van der Waals surface area contributed by atoms with Crippen LogP contribution in [-0.4, -0.2) is 70.1 Å². The quantitative estimate of drug-likeness (QED) is 0.160. The fraction of sp³-hybridized carbons (Fsp3) is 0.667. The van der Waals surface area contributed by atoms with Crippen molar-refractivity contribution >= 4 is 24.7 Å². The molecule has 36 heavy (non-hydrogen) atoms. The van der Waals surface area contributed by atoms with Crippen molar-refractivity contribution in [3.8, 4) is 0 Å². The van der Waals surface area contributed by atoms with Gasteiger partial charge in [0.1, 0.15) is 18.2 Å². The van der Waals surface area contributed by atoms with Crippen LogP contribution in [0, 0.1) is 0 Å². The first-order chi connectivity index (χ1) is 16.7. The van der Waals surface area contributed by atoms with Gasteiger partial charge >= 0.3 is 19.9 Å². The minimum atomic E-state index is -4.96. The van der Waals surface area contributed by atoms with Crippen molar-refractivity contribution in [3.05, 3.63) is 18.3 Å². The number of unbranched alkanes of at least 4 members (excludes halogenated alkanes) is 1. The summed E-state index contributed by atoms with van der Waals surface area (Å²) in [6.07, 6.45) is -8.07. The number of carbonyl (C=O) groups excluding carboxylic acids is 1. The predicted octanol–water partition coefficient (Wildman–Crippen LogP) is 4.00. The molecule has 204 valence electrons. The van der Waals surface area contributed by atoms with Crippen LogP contribution in [0.15, 0.2) is 12.7 Å². The smallest absolute Gasteiger partial charge is 0.364 e. The molecule has 1 N–H and O–H groups in total. The molecular formula is C18H24F6N5O6P. The Bertz CT molecular complexity index is 1030. The summed E-state index contributed by atoms with van der Waals surface area (Å²) in [5.74, 6) is -0.669. The van der Waals surface area contributed by atoms with Crippen LogP contribution in [0.5, 0.6) is 0 Å². The van der Waals surface area contributed by atoms with E-state index in [-0.39, 0.29) is 23.4 Å². The number of fused-ring (bicyclic) bond motifs is 1. The number of hydroxylamine groups is 1. The van der Waals surface area contributed by atoms with Gasteiger partial charge in [0, 0.05) is 0 Å². The lowest BCUT2D eigenvalue weighted by atomic mass is 10.3. The van der Waals surface area contributed by atoms with E-state index >= 15 is 0 Å². The van der Waals surface area contributed by atoms with E-state index in [0.717, 1.165) is 19.2 Å². The Balaban J connectivity index is 2.05. The van der Waals surface area contributed by atoms with Gasteiger partial charge in [0.2, 0.25) is 0 Å². The molecule has 0 aliphatic rings. The van der Waals surface area contributed by atoms with Crippen molar-refractivity contribution in [3.63, 3.8) is 0 Å². The average molecular weight is 551 g/mol. The molecule has 0 aliphatic carbocycles. The van der Waals surface area contributed by atoms with E-state index in [9.17, 15) is 35.7 Å². The van der Waals surface area contributed by atoms with Gasteiger partial charge in [-0.1, -0.05) is 13.3 Å². The number of hydrogen-bond acceptors (Lipinski definition) is 9. The van der Waals surface area contributed by atoms with Gasteiger partial charge in [-0.15, -0.1) is 0 Å². The third kappa shape index (κ3) is 9.97. The molecule has 1 atom stereocenters. The van der Waals surface area contributed by atoms with Gasteiger partial charge < -0.3 is 9.30 Å². The molecule has 18 heteroatoms. The molecule has 2 aromatic rings. The third-order valence-electron chi connectivity index (χ3n) is 4.20. The van der Waals surface area contributed by atoms with E-state index < -0.39 is 51.5 Å². The van der Waals surface area contributed by atoms with Gasteiger partial charge in [-0.2, -0.15) is 26.3 Å². The maximum atomic E-state index is 12.4. The molecular weight excluding hydrogens is 527 g/mol. The number of amides is 1. The molecule has 0 radical (unpaired) electrons. The summed E-state index contributed by atoms with van der Waals surface area (Å²) < 4.78 is 102. The van der Waals surface area contributed by atoms with E-state index in [1.165, 1.54) is 17.8 Å². The Hall–Kier alpha value is -2.33. The van der Waals surface area contributed by atoms with E-state index in [0.29, 0.717) is 6.61 Å². The van der Waals surface area contributed by atoms with Crippen LogP contribution in [0.2, 0.25) is 0 Å². The number of aromatic nitrogens is 4. The third-order valence-corrected chi connectivity index (χ3v) is 5.71. The first kappa shape index (κ1) is 29.9. The minimum Gasteiger partial charge on any atom is -0.364 e. The summed E-state index contributed by atoms with van der Waals surface area (Å²) in [7, 11) is -4.92. The molecule has 0 unspecified atom stereocenters. The highest BCUT2D eigenvalue weighted by Crippen LogP contribution is 2.50. The van der Waals surface area contributed by atoms with Crippen LogP contribution in [0.25, 0.3) is 11.2 Å². The molecule has 2 rings (SSSR count). The van der Waals surface area contributed by atoms with Gasteiger partial charge in [-0.25, -0.2) is 20.4 Å². The van der Waals surface area contributed by atoms with Gasteiger partial charge in [0.05, 0.1) is 25.6 Å². The number of hydrogen-bond donors (Lipinski definition) is 1. The van der Waals surface area contributed by atoms with Crippen LogP contribution >= 0.6 is 7.60 Å². The Labute approximate surface area is 201 Å². The second-order valence-electron chi connectivity index (χ2n) is 7.42. The largest absolute Gasteiger partial charge is 0.412 e. The van der Waals surface area contributed by atoms with E-state index in [2.05, 4.69) is 29.5 Å². The molecule has 0 aromatic carbocycles. The van der Waals surface area contributed by atoms with Crippen LogP contribution < -0.4 is 5.48 Å². The van der Waals surface area contributed by atoms with Gasteiger partial charge in [0.15, 0.2) is 24.6 Å². The zero-order chi connectivity index (χ0) is 27.0. The molecule has 2 heterocycles. The number of imidazole rings is 1. The van der Waals surface area contributed by atoms with Crippen molar-refractivity contribution in [1.29, 1.82) is 0 Å². The minimum absolute atomic E-state index is 0.0832. The highest BCUT2D eigenvalue weighted by molar-refractivity contribution is 7.53. The molecule has 0 saturated heterocycles. The Morgan fingerprint density at radius 3 is 2.33 bits per heavy atom. The molecule has 0 fully saturated rings. The SMILES string of the molecule is CCCCONC(=O)c1ncnc2c1ncn2C[C@@H](C)OCP(=O)(OCC(F)(F)F)OCC(F)(F)F. The highest BCUT2D eigenvalue weighted by atomic mass is 31.2. The highest BCUT2D eigenvalue weighted by Gasteiger charge is 2.39. The number of rotatable bonds is 14. The van der Waals surface area contributed by atoms with Crippen molar-refractivity contribution in [1.82, 2.24) is 25.0 Å². The normalized spacial score (nSPS) is 13.8. The second kappa shape index (κ2) is 12.8. The summed E-state index contributed by atoms with van der Waals surface area (Å²) in [4.78, 5) is 29.3. The lowest BCUT2D eigenvalue weighted by molar-refractivity contribution is -0.166. The lowest BCUT2D eigenvalue weighted by Gasteiger charge is -2.22. The number of halogens is 6. The van der Waals surface area contributed by atoms with E-state index in [1.54, 1.807) is 0 Å². The van der Waals surface area contributed by atoms with Crippen molar-refractivity contribution in [2.45, 2.75) is 51.7 Å². The fourth-order valence-corrected chi connectivity index (χ4v) is 3.91. The van der Waals surface area contributed by atoms with Crippen LogP contribution in [0.4, 0.5) is 26.3 Å². The molecule has 0 aliphatic heterocycles. The molecule has 1 amide bonds. The van der Waals surface area contributed by atoms with Crippen molar-refractivity contribution in [2.24, 2.45) is 0 Å². The van der Waals surface area contributed by atoms with Gasteiger partial charge in [0.25, 0.3) is 5.91 Å². The molecule has 0 saturated carbocycles.